The first-order valence-electron chi connectivity index (χ1n) is 4.51. The molecule has 1 amide bonds. The lowest BCUT2D eigenvalue weighted by Gasteiger charge is -2.06. The number of amides is 1. The fraction of sp³-hybridized carbons (Fsp3) is 0.200. The quantitative estimate of drug-likeness (QED) is 0.777. The largest absolute Gasteiger partial charge is 0.484 e. The molecule has 1 aromatic rings. The topological polar surface area (TPSA) is 64.3 Å². The molecule has 0 aromatic heterocycles. The third-order valence-corrected chi connectivity index (χ3v) is 2.01. The van der Waals surface area contributed by atoms with Crippen molar-refractivity contribution in [2.45, 2.75) is 0 Å². The average molecular weight is 259 g/mol. The zero-order valence-corrected chi connectivity index (χ0v) is 9.98. The predicted molar refractivity (Wildman–Crippen MR) is 66.7 cm³/mol. The minimum Gasteiger partial charge on any atom is -0.484 e. The molecule has 1 rings (SSSR count). The maximum absolute atomic E-state index is 11.2. The lowest BCUT2D eigenvalue weighted by Crippen LogP contribution is -2.35. The number of hydrogen-bond acceptors (Lipinski definition) is 3. The minimum absolute atomic E-state index is 0.0943. The molecule has 0 spiro atoms. The molecule has 4 nitrogen and oxygen atoms in total. The van der Waals surface area contributed by atoms with Crippen molar-refractivity contribution < 1.29 is 9.53 Å². The molecule has 0 unspecified atom stereocenters. The van der Waals surface area contributed by atoms with Gasteiger partial charge in [0.25, 0.3) is 5.91 Å². The number of halogens is 1. The van der Waals surface area contributed by atoms with Gasteiger partial charge in [-0.2, -0.15) is 0 Å². The Balaban J connectivity index is 2.34. The molecule has 0 aliphatic heterocycles. The molecule has 86 valence electrons. The molecule has 1 aromatic carbocycles. The van der Waals surface area contributed by atoms with Crippen LogP contribution in [0.2, 0.25) is 5.02 Å². The first-order chi connectivity index (χ1) is 7.58. The monoisotopic (exact) mass is 258 g/mol. The Morgan fingerprint density at radius 1 is 1.56 bits per heavy atom. The van der Waals surface area contributed by atoms with Gasteiger partial charge in [0, 0.05) is 5.02 Å². The van der Waals surface area contributed by atoms with E-state index in [0.29, 0.717) is 10.8 Å². The van der Waals surface area contributed by atoms with E-state index in [4.69, 9.17) is 22.1 Å². The zero-order chi connectivity index (χ0) is 12.0. The van der Waals surface area contributed by atoms with E-state index in [2.05, 4.69) is 17.5 Å². The summed E-state index contributed by atoms with van der Waals surface area (Å²) in [6.45, 7) is 0.0794. The van der Waals surface area contributed by atoms with Crippen molar-refractivity contribution in [2.75, 3.05) is 13.2 Å². The van der Waals surface area contributed by atoms with Gasteiger partial charge in [0.05, 0.1) is 11.5 Å². The molecule has 0 aliphatic rings. The summed E-state index contributed by atoms with van der Waals surface area (Å²) in [5.41, 5.74) is 5.23. The second-order valence-corrected chi connectivity index (χ2v) is 3.95. The number of nitrogens with two attached hydrogens (primary N) is 1. The third-order valence-electron chi connectivity index (χ3n) is 1.63. The zero-order valence-electron chi connectivity index (χ0n) is 8.40. The number of hydrogen-bond donors (Lipinski definition) is 2. The van der Waals surface area contributed by atoms with Gasteiger partial charge in [-0.05, 0) is 18.2 Å². The summed E-state index contributed by atoms with van der Waals surface area (Å²) in [7, 11) is 0. The van der Waals surface area contributed by atoms with Gasteiger partial charge >= 0.3 is 0 Å². The van der Waals surface area contributed by atoms with E-state index < -0.39 is 0 Å². The van der Waals surface area contributed by atoms with Crippen LogP contribution >= 0.6 is 23.8 Å². The molecule has 3 N–H and O–H groups in total. The lowest BCUT2D eigenvalue weighted by atomic mass is 10.3. The average Bonchev–Trinajstić information content (AvgIpc) is 2.23. The normalized spacial score (nSPS) is 9.56. The number of ether oxygens (including phenoxy) is 1. The Labute approximate surface area is 104 Å². The van der Waals surface area contributed by atoms with Crippen molar-refractivity contribution in [3.8, 4) is 5.75 Å². The highest BCUT2D eigenvalue weighted by atomic mass is 35.5. The summed E-state index contributed by atoms with van der Waals surface area (Å²) >= 11 is 10.4. The first kappa shape index (κ1) is 12.7. The van der Waals surface area contributed by atoms with Crippen LogP contribution in [-0.4, -0.2) is 24.0 Å². The van der Waals surface area contributed by atoms with E-state index in [1.165, 1.54) is 0 Å². The molecule has 0 radical (unpaired) electrons. The van der Waals surface area contributed by atoms with E-state index in [0.717, 1.165) is 0 Å². The molecule has 0 heterocycles. The van der Waals surface area contributed by atoms with Crippen LogP contribution in [0.15, 0.2) is 24.3 Å². The van der Waals surface area contributed by atoms with Crippen molar-refractivity contribution in [3.63, 3.8) is 0 Å². The number of carbonyl (C=O) groups is 1. The van der Waals surface area contributed by atoms with E-state index in [1.807, 2.05) is 0 Å². The van der Waals surface area contributed by atoms with Crippen LogP contribution in [0.3, 0.4) is 0 Å². The van der Waals surface area contributed by atoms with Gasteiger partial charge in [-0.25, -0.2) is 0 Å². The second-order valence-electron chi connectivity index (χ2n) is 2.99. The number of carbonyl (C=O) groups excluding carboxylic acids is 1. The predicted octanol–water partition coefficient (Wildman–Crippen LogP) is 1.12. The molecule has 6 heteroatoms. The van der Waals surface area contributed by atoms with Crippen LogP contribution in [0.1, 0.15) is 0 Å². The maximum atomic E-state index is 11.2. The van der Waals surface area contributed by atoms with Crippen LogP contribution in [-0.2, 0) is 4.79 Å². The summed E-state index contributed by atoms with van der Waals surface area (Å²) in [4.78, 5) is 11.5. The van der Waals surface area contributed by atoms with E-state index in [-0.39, 0.29) is 24.0 Å². The highest BCUT2D eigenvalue weighted by molar-refractivity contribution is 7.80. The van der Waals surface area contributed by atoms with Crippen LogP contribution < -0.4 is 15.8 Å². The highest BCUT2D eigenvalue weighted by Crippen LogP contribution is 2.16. The van der Waals surface area contributed by atoms with Gasteiger partial charge < -0.3 is 15.8 Å². The van der Waals surface area contributed by atoms with Crippen molar-refractivity contribution >= 4 is 34.7 Å². The highest BCUT2D eigenvalue weighted by Gasteiger charge is 2.02. The molecule has 0 atom stereocenters. The fourth-order valence-electron chi connectivity index (χ4n) is 0.942. The fourth-order valence-corrected chi connectivity index (χ4v) is 1.19. The number of thiocarbonyl (C=S) groups is 1. The SMILES string of the molecule is NC(=S)CNC(=O)COc1cccc(Cl)c1. The summed E-state index contributed by atoms with van der Waals surface area (Å²) in [5, 5.41) is 3.06. The molecule has 0 fully saturated rings. The molecular weight excluding hydrogens is 248 g/mol. The van der Waals surface area contributed by atoms with Crippen molar-refractivity contribution in [1.82, 2.24) is 5.32 Å². The summed E-state index contributed by atoms with van der Waals surface area (Å²) in [6, 6.07) is 6.81. The summed E-state index contributed by atoms with van der Waals surface area (Å²) < 4.78 is 5.20. The Kier molecular flexibility index (Phi) is 5.01. The lowest BCUT2D eigenvalue weighted by molar-refractivity contribution is -0.122. The Hall–Kier alpha value is -1.33. The first-order valence-corrected chi connectivity index (χ1v) is 5.30. The molecule has 16 heavy (non-hydrogen) atoms. The van der Waals surface area contributed by atoms with Crippen LogP contribution in [0.25, 0.3) is 0 Å². The molecule has 0 bridgehead atoms. The Morgan fingerprint density at radius 3 is 2.94 bits per heavy atom. The smallest absolute Gasteiger partial charge is 0.258 e. The van der Waals surface area contributed by atoms with Crippen molar-refractivity contribution in [1.29, 1.82) is 0 Å². The minimum atomic E-state index is -0.284. The van der Waals surface area contributed by atoms with Crippen molar-refractivity contribution in [3.05, 3.63) is 29.3 Å². The van der Waals surface area contributed by atoms with Gasteiger partial charge in [-0.1, -0.05) is 29.9 Å². The Morgan fingerprint density at radius 2 is 2.31 bits per heavy atom. The van der Waals surface area contributed by atoms with Crippen LogP contribution in [0.4, 0.5) is 0 Å². The van der Waals surface area contributed by atoms with E-state index >= 15 is 0 Å². The van der Waals surface area contributed by atoms with Gasteiger partial charge in [-0.3, -0.25) is 4.79 Å². The van der Waals surface area contributed by atoms with Gasteiger partial charge in [-0.15, -0.1) is 0 Å². The van der Waals surface area contributed by atoms with E-state index in [9.17, 15) is 4.79 Å². The third kappa shape index (κ3) is 4.95. The standard InChI is InChI=1S/C10H11ClN2O2S/c11-7-2-1-3-8(4-7)15-6-10(14)13-5-9(12)16/h1-4H,5-6H2,(H2,12,16)(H,13,14). The molecule has 0 aliphatic carbocycles. The number of rotatable bonds is 5. The second kappa shape index (κ2) is 6.30. The number of benzene rings is 1. The van der Waals surface area contributed by atoms with Gasteiger partial charge in [0.2, 0.25) is 0 Å². The van der Waals surface area contributed by atoms with Gasteiger partial charge in [0.1, 0.15) is 5.75 Å². The number of nitrogens with one attached hydrogen (secondary N) is 1. The van der Waals surface area contributed by atoms with Crippen molar-refractivity contribution in [2.24, 2.45) is 5.73 Å². The van der Waals surface area contributed by atoms with Crippen LogP contribution in [0, 0.1) is 0 Å². The molecule has 0 saturated heterocycles. The van der Waals surface area contributed by atoms with Gasteiger partial charge in [0.15, 0.2) is 6.61 Å². The molecule has 0 saturated carbocycles. The maximum Gasteiger partial charge on any atom is 0.258 e. The molecular formula is C10H11ClN2O2S. The Bertz CT molecular complexity index is 398. The summed E-state index contributed by atoms with van der Waals surface area (Å²) in [5.74, 6) is 0.255. The van der Waals surface area contributed by atoms with E-state index in [1.54, 1.807) is 24.3 Å². The summed E-state index contributed by atoms with van der Waals surface area (Å²) in [6.07, 6.45) is 0. The van der Waals surface area contributed by atoms with Crippen LogP contribution in [0.5, 0.6) is 5.75 Å².